The van der Waals surface area contributed by atoms with Gasteiger partial charge in [0.2, 0.25) is 11.9 Å². The lowest BCUT2D eigenvalue weighted by atomic mass is 9.92. The van der Waals surface area contributed by atoms with Crippen LogP contribution in [0.4, 0.5) is 11.6 Å². The van der Waals surface area contributed by atoms with Gasteiger partial charge in [0.1, 0.15) is 6.33 Å². The minimum Gasteiger partial charge on any atom is -0.374 e. The zero-order chi connectivity index (χ0) is 17.2. The fourth-order valence-electron chi connectivity index (χ4n) is 3.30. The zero-order valence-electron chi connectivity index (χ0n) is 14.0. The van der Waals surface area contributed by atoms with Gasteiger partial charge in [-0.1, -0.05) is 36.4 Å². The molecule has 1 N–H and O–H groups in total. The second kappa shape index (κ2) is 6.39. The Balaban J connectivity index is 1.54. The molecule has 0 fully saturated rings. The van der Waals surface area contributed by atoms with Crippen molar-refractivity contribution in [1.82, 2.24) is 14.8 Å². The number of nitrogens with one attached hydrogen (secondary N) is 1. The Morgan fingerprint density at radius 3 is 2.72 bits per heavy atom. The lowest BCUT2D eigenvalue weighted by Gasteiger charge is -2.32. The summed E-state index contributed by atoms with van der Waals surface area (Å²) in [5.41, 5.74) is 3.30. The Morgan fingerprint density at radius 2 is 1.88 bits per heavy atom. The highest BCUT2D eigenvalue weighted by molar-refractivity contribution is 5.92. The normalized spacial score (nSPS) is 16.4. The molecule has 0 saturated heterocycles. The molecule has 0 spiro atoms. The Morgan fingerprint density at radius 1 is 1.12 bits per heavy atom. The van der Waals surface area contributed by atoms with Crippen LogP contribution < -0.4 is 10.2 Å². The van der Waals surface area contributed by atoms with E-state index in [0.29, 0.717) is 12.5 Å². The molecule has 25 heavy (non-hydrogen) atoms. The number of carbonyl (C=O) groups excluding carboxylic acids is 1. The molecule has 1 aromatic heterocycles. The van der Waals surface area contributed by atoms with E-state index < -0.39 is 0 Å². The van der Waals surface area contributed by atoms with Crippen molar-refractivity contribution < 1.29 is 4.79 Å². The highest BCUT2D eigenvalue weighted by Gasteiger charge is 2.28. The zero-order valence-corrected chi connectivity index (χ0v) is 14.0. The summed E-state index contributed by atoms with van der Waals surface area (Å²) in [6.45, 7) is 0.683. The topological polar surface area (TPSA) is 63.1 Å². The monoisotopic (exact) mass is 333 g/mol. The second-order valence-electron chi connectivity index (χ2n) is 6.26. The number of fused-ring (bicyclic) bond motifs is 1. The summed E-state index contributed by atoms with van der Waals surface area (Å²) < 4.78 is 1.78. The molecule has 0 saturated carbocycles. The average Bonchev–Trinajstić information content (AvgIpc) is 3.10. The fourth-order valence-corrected chi connectivity index (χ4v) is 3.30. The van der Waals surface area contributed by atoms with Gasteiger partial charge in [-0.3, -0.25) is 14.7 Å². The molecule has 2 aromatic carbocycles. The van der Waals surface area contributed by atoms with Crippen molar-refractivity contribution in [3.05, 3.63) is 66.5 Å². The number of rotatable bonds is 3. The number of hydrogen-bond acceptors (Lipinski definition) is 4. The molecule has 0 radical (unpaired) electrons. The van der Waals surface area contributed by atoms with Crippen LogP contribution >= 0.6 is 0 Å². The number of anilines is 2. The first-order valence-corrected chi connectivity index (χ1v) is 8.28. The number of nitrogens with zero attached hydrogens (tertiary/aromatic N) is 4. The van der Waals surface area contributed by atoms with Gasteiger partial charge in [0.05, 0.1) is 11.6 Å². The van der Waals surface area contributed by atoms with Gasteiger partial charge in [-0.05, 0) is 30.2 Å². The molecule has 6 heteroatoms. The maximum atomic E-state index is 12.8. The van der Waals surface area contributed by atoms with Crippen molar-refractivity contribution in [2.75, 3.05) is 23.8 Å². The van der Waals surface area contributed by atoms with Crippen LogP contribution in [0.15, 0.2) is 60.9 Å². The van der Waals surface area contributed by atoms with Crippen molar-refractivity contribution >= 4 is 17.5 Å². The lowest BCUT2D eigenvalue weighted by Crippen LogP contribution is -2.39. The lowest BCUT2D eigenvalue weighted by molar-refractivity contribution is -0.119. The summed E-state index contributed by atoms with van der Waals surface area (Å²) in [6, 6.07) is 17.9. The number of para-hydroxylation sites is 2. The van der Waals surface area contributed by atoms with E-state index >= 15 is 0 Å². The second-order valence-corrected chi connectivity index (χ2v) is 6.26. The van der Waals surface area contributed by atoms with Crippen LogP contribution in [-0.2, 0) is 11.2 Å². The van der Waals surface area contributed by atoms with Crippen molar-refractivity contribution in [2.45, 2.75) is 6.42 Å². The van der Waals surface area contributed by atoms with E-state index in [1.165, 1.54) is 11.3 Å². The van der Waals surface area contributed by atoms with E-state index in [0.717, 1.165) is 12.1 Å². The summed E-state index contributed by atoms with van der Waals surface area (Å²) in [6.07, 6.45) is 2.33. The third-order valence-electron chi connectivity index (χ3n) is 4.55. The molecular weight excluding hydrogens is 314 g/mol. The first kappa shape index (κ1) is 15.4. The predicted molar refractivity (Wildman–Crippen MR) is 96.9 cm³/mol. The first-order chi connectivity index (χ1) is 12.2. The molecule has 1 aliphatic heterocycles. The summed E-state index contributed by atoms with van der Waals surface area (Å²) in [7, 11) is 2.02. The predicted octanol–water partition coefficient (Wildman–Crippen LogP) is 2.51. The maximum Gasteiger partial charge on any atom is 0.235 e. The highest BCUT2D eigenvalue weighted by atomic mass is 16.2. The van der Waals surface area contributed by atoms with Crippen LogP contribution in [-0.4, -0.2) is 34.3 Å². The molecule has 1 amide bonds. The van der Waals surface area contributed by atoms with Gasteiger partial charge < -0.3 is 4.90 Å². The van der Waals surface area contributed by atoms with Gasteiger partial charge in [-0.15, -0.1) is 10.2 Å². The minimum atomic E-state index is -0.124. The summed E-state index contributed by atoms with van der Waals surface area (Å²) in [5.74, 6) is 0.282. The molecular formula is C19H19N5O. The van der Waals surface area contributed by atoms with E-state index in [-0.39, 0.29) is 11.8 Å². The first-order valence-electron chi connectivity index (χ1n) is 8.28. The van der Waals surface area contributed by atoms with Crippen molar-refractivity contribution in [3.8, 4) is 5.69 Å². The van der Waals surface area contributed by atoms with E-state index in [1.54, 1.807) is 10.9 Å². The van der Waals surface area contributed by atoms with Gasteiger partial charge in [-0.2, -0.15) is 0 Å². The maximum absolute atomic E-state index is 12.8. The molecule has 4 rings (SSSR count). The van der Waals surface area contributed by atoms with E-state index in [4.69, 9.17) is 0 Å². The standard InChI is InChI=1S/C19H19N5O/c1-23-12-15(11-14-7-5-6-10-17(14)23)18(25)21-19-22-20-13-24(19)16-8-3-2-4-9-16/h2-10,13,15H,11-12H2,1H3,(H,21,22,25). The van der Waals surface area contributed by atoms with Gasteiger partial charge in [0.25, 0.3) is 0 Å². The Labute approximate surface area is 146 Å². The van der Waals surface area contributed by atoms with Crippen LogP contribution in [0.5, 0.6) is 0 Å². The molecule has 126 valence electrons. The van der Waals surface area contributed by atoms with Gasteiger partial charge in [0.15, 0.2) is 0 Å². The number of aromatic nitrogens is 3. The van der Waals surface area contributed by atoms with Crippen LogP contribution in [0.1, 0.15) is 5.56 Å². The van der Waals surface area contributed by atoms with Gasteiger partial charge in [-0.25, -0.2) is 0 Å². The van der Waals surface area contributed by atoms with Crippen LogP contribution in [0, 0.1) is 5.92 Å². The Bertz CT molecular complexity index is 890. The smallest absolute Gasteiger partial charge is 0.235 e. The molecule has 0 aliphatic carbocycles. The third kappa shape index (κ3) is 2.98. The quantitative estimate of drug-likeness (QED) is 0.800. The number of carbonyl (C=O) groups is 1. The molecule has 3 aromatic rings. The molecule has 0 bridgehead atoms. The van der Waals surface area contributed by atoms with E-state index in [9.17, 15) is 4.79 Å². The van der Waals surface area contributed by atoms with Gasteiger partial charge >= 0.3 is 0 Å². The largest absolute Gasteiger partial charge is 0.374 e. The SMILES string of the molecule is CN1CC(C(=O)Nc2nncn2-c2ccccc2)Cc2ccccc21. The summed E-state index contributed by atoms with van der Waals surface area (Å²) in [5, 5.41) is 10.9. The molecule has 1 aliphatic rings. The fraction of sp³-hybridized carbons (Fsp3) is 0.211. The minimum absolute atomic E-state index is 0.0356. The number of hydrogen-bond donors (Lipinski definition) is 1. The number of amides is 1. The van der Waals surface area contributed by atoms with Crippen LogP contribution in [0.2, 0.25) is 0 Å². The molecule has 1 atom stereocenters. The van der Waals surface area contributed by atoms with E-state index in [2.05, 4.69) is 32.5 Å². The van der Waals surface area contributed by atoms with E-state index in [1.807, 2.05) is 49.5 Å². The van der Waals surface area contributed by atoms with Crippen LogP contribution in [0.3, 0.4) is 0 Å². The van der Waals surface area contributed by atoms with Gasteiger partial charge in [0, 0.05) is 19.3 Å². The highest BCUT2D eigenvalue weighted by Crippen LogP contribution is 2.28. The van der Waals surface area contributed by atoms with Crippen molar-refractivity contribution in [1.29, 1.82) is 0 Å². The molecule has 1 unspecified atom stereocenters. The van der Waals surface area contributed by atoms with Crippen molar-refractivity contribution in [3.63, 3.8) is 0 Å². The third-order valence-corrected chi connectivity index (χ3v) is 4.55. The molecule has 6 nitrogen and oxygen atoms in total. The Hall–Kier alpha value is -3.15. The number of benzene rings is 2. The van der Waals surface area contributed by atoms with Crippen molar-refractivity contribution in [2.24, 2.45) is 5.92 Å². The Kier molecular flexibility index (Phi) is 3.93. The average molecular weight is 333 g/mol. The molecule has 2 heterocycles. The summed E-state index contributed by atoms with van der Waals surface area (Å²) in [4.78, 5) is 14.9. The summed E-state index contributed by atoms with van der Waals surface area (Å²) >= 11 is 0. The van der Waals surface area contributed by atoms with Crippen LogP contribution in [0.25, 0.3) is 5.69 Å².